The van der Waals surface area contributed by atoms with Crippen molar-refractivity contribution >= 4 is 18.2 Å². The summed E-state index contributed by atoms with van der Waals surface area (Å²) >= 11 is 0. The van der Waals surface area contributed by atoms with Crippen LogP contribution >= 0.6 is 0 Å². The fraction of sp³-hybridized carbons (Fsp3) is 0.308. The summed E-state index contributed by atoms with van der Waals surface area (Å²) in [5.74, 6) is -0.859. The number of nitrogens with two attached hydrogens (primary N) is 1. The average Bonchev–Trinajstić information content (AvgIpc) is 2.38. The number of carbonyl (C=O) groups is 2. The van der Waals surface area contributed by atoms with E-state index >= 15 is 0 Å². The number of nitrogens with zero attached hydrogens (tertiary/aromatic N) is 1. The summed E-state index contributed by atoms with van der Waals surface area (Å²) in [5.41, 5.74) is 6.58. The van der Waals surface area contributed by atoms with E-state index in [0.717, 1.165) is 11.8 Å². The van der Waals surface area contributed by atoms with Crippen LogP contribution in [0.2, 0.25) is 0 Å². The minimum Gasteiger partial charge on any atom is -0.481 e. The molecule has 0 aliphatic rings. The number of nitrogens with one attached hydrogen (secondary N) is 1. The molecule has 0 saturated carbocycles. The van der Waals surface area contributed by atoms with E-state index in [-0.39, 0.29) is 18.9 Å². The number of hydrogen-bond donors (Lipinski definition) is 3. The number of rotatable bonds is 7. The molecule has 0 spiro atoms. The fourth-order valence-corrected chi connectivity index (χ4v) is 1.51. The first-order valence-electron chi connectivity index (χ1n) is 5.89. The van der Waals surface area contributed by atoms with Crippen molar-refractivity contribution in [1.82, 2.24) is 5.32 Å². The first-order chi connectivity index (χ1) is 9.11. The molecule has 102 valence electrons. The van der Waals surface area contributed by atoms with Gasteiger partial charge in [-0.3, -0.25) is 9.79 Å². The molecule has 0 bridgehead atoms. The number of aldehydes is 1. The Morgan fingerprint density at radius 2 is 2.11 bits per heavy atom. The van der Waals surface area contributed by atoms with Gasteiger partial charge in [0.05, 0.1) is 19.0 Å². The van der Waals surface area contributed by atoms with Crippen molar-refractivity contribution in [1.29, 1.82) is 0 Å². The number of carbonyl (C=O) groups excluding carboxylic acids is 1. The molecule has 0 fully saturated rings. The molecule has 19 heavy (non-hydrogen) atoms. The first kappa shape index (κ1) is 14.7. The van der Waals surface area contributed by atoms with Crippen LogP contribution in [0.5, 0.6) is 0 Å². The zero-order valence-electron chi connectivity index (χ0n) is 10.5. The number of aliphatic carboxylic acids is 1. The lowest BCUT2D eigenvalue weighted by molar-refractivity contribution is -0.136. The van der Waals surface area contributed by atoms with E-state index in [1.807, 2.05) is 30.3 Å². The minimum absolute atomic E-state index is 0.0780. The largest absolute Gasteiger partial charge is 0.481 e. The molecular weight excluding hydrogens is 246 g/mol. The summed E-state index contributed by atoms with van der Waals surface area (Å²) < 4.78 is 0. The highest BCUT2D eigenvalue weighted by atomic mass is 16.4. The van der Waals surface area contributed by atoms with Crippen molar-refractivity contribution in [3.8, 4) is 0 Å². The molecule has 6 heteroatoms. The van der Waals surface area contributed by atoms with Gasteiger partial charge in [0.25, 0.3) is 0 Å². The summed E-state index contributed by atoms with van der Waals surface area (Å²) in [5, 5.41) is 11.2. The van der Waals surface area contributed by atoms with Crippen LogP contribution in [-0.2, 0) is 16.0 Å². The standard InChI is InChI=1S/C13H17N3O3/c14-13(15-7-6-12(18)19)16-11(9-17)8-10-4-2-1-3-5-10/h1-5,9,11H,6-8H2,(H,18,19)(H3,14,15,16). The molecule has 1 unspecified atom stereocenters. The maximum Gasteiger partial charge on any atom is 0.305 e. The van der Waals surface area contributed by atoms with E-state index < -0.39 is 12.0 Å². The second-order valence-corrected chi connectivity index (χ2v) is 3.99. The van der Waals surface area contributed by atoms with Crippen LogP contribution in [0.15, 0.2) is 35.3 Å². The van der Waals surface area contributed by atoms with Crippen LogP contribution in [0.4, 0.5) is 0 Å². The topological polar surface area (TPSA) is 105 Å². The maximum absolute atomic E-state index is 11.0. The van der Waals surface area contributed by atoms with Gasteiger partial charge < -0.3 is 21.0 Å². The molecular formula is C13H17N3O3. The zero-order chi connectivity index (χ0) is 14.1. The van der Waals surface area contributed by atoms with Crippen molar-refractivity contribution in [3.63, 3.8) is 0 Å². The summed E-state index contributed by atoms with van der Waals surface area (Å²) in [6, 6.07) is 9.03. The van der Waals surface area contributed by atoms with Gasteiger partial charge in [0.1, 0.15) is 6.29 Å². The van der Waals surface area contributed by atoms with Crippen molar-refractivity contribution < 1.29 is 14.7 Å². The molecule has 4 N–H and O–H groups in total. The van der Waals surface area contributed by atoms with Crippen molar-refractivity contribution in [3.05, 3.63) is 35.9 Å². The van der Waals surface area contributed by atoms with Crippen molar-refractivity contribution in [2.75, 3.05) is 6.54 Å². The summed E-state index contributed by atoms with van der Waals surface area (Å²) in [7, 11) is 0. The Morgan fingerprint density at radius 1 is 1.42 bits per heavy atom. The fourth-order valence-electron chi connectivity index (χ4n) is 1.51. The molecule has 0 amide bonds. The van der Waals surface area contributed by atoms with Gasteiger partial charge >= 0.3 is 5.97 Å². The second-order valence-electron chi connectivity index (χ2n) is 3.99. The highest BCUT2D eigenvalue weighted by molar-refractivity contribution is 5.81. The van der Waals surface area contributed by atoms with Crippen LogP contribution in [0.25, 0.3) is 0 Å². The number of hydrogen-bond acceptors (Lipinski definition) is 3. The van der Waals surface area contributed by atoms with Crippen LogP contribution < -0.4 is 11.1 Å². The number of carboxylic acid groups (broad SMARTS) is 1. The van der Waals surface area contributed by atoms with Gasteiger partial charge in [0, 0.05) is 0 Å². The summed E-state index contributed by atoms with van der Waals surface area (Å²) in [6.07, 6.45) is 1.17. The summed E-state index contributed by atoms with van der Waals surface area (Å²) in [6.45, 7) is 0.0884. The van der Waals surface area contributed by atoms with Gasteiger partial charge in [0.2, 0.25) is 0 Å². The monoisotopic (exact) mass is 263 g/mol. The molecule has 1 aromatic rings. The third kappa shape index (κ3) is 6.21. The Balaban J connectivity index is 2.47. The van der Waals surface area contributed by atoms with Crippen LogP contribution in [0.3, 0.4) is 0 Å². The van der Waals surface area contributed by atoms with Crippen LogP contribution in [0.1, 0.15) is 12.0 Å². The number of aliphatic imine (C=N–C) groups is 1. The zero-order valence-corrected chi connectivity index (χ0v) is 10.5. The molecule has 0 aliphatic heterocycles. The van der Waals surface area contributed by atoms with Crippen molar-refractivity contribution in [2.24, 2.45) is 10.7 Å². The lowest BCUT2D eigenvalue weighted by Gasteiger charge is -2.13. The third-order valence-corrected chi connectivity index (χ3v) is 2.40. The van der Waals surface area contributed by atoms with E-state index in [0.29, 0.717) is 6.42 Å². The Kier molecular flexibility index (Phi) is 6.08. The molecule has 1 atom stereocenters. The van der Waals surface area contributed by atoms with E-state index in [9.17, 15) is 9.59 Å². The highest BCUT2D eigenvalue weighted by Gasteiger charge is 2.08. The molecule has 1 aromatic carbocycles. The Bertz CT molecular complexity index is 446. The molecule has 0 aromatic heterocycles. The third-order valence-electron chi connectivity index (χ3n) is 2.40. The molecule has 0 heterocycles. The summed E-state index contributed by atoms with van der Waals surface area (Å²) in [4.78, 5) is 25.1. The molecule has 6 nitrogen and oxygen atoms in total. The van der Waals surface area contributed by atoms with E-state index in [1.165, 1.54) is 0 Å². The number of benzene rings is 1. The average molecular weight is 263 g/mol. The lowest BCUT2D eigenvalue weighted by atomic mass is 10.1. The first-order valence-corrected chi connectivity index (χ1v) is 5.89. The van der Waals surface area contributed by atoms with Crippen LogP contribution in [0, 0.1) is 0 Å². The number of carboxylic acids is 1. The van der Waals surface area contributed by atoms with E-state index in [2.05, 4.69) is 10.3 Å². The SMILES string of the molecule is NC(=NCCC(=O)O)NC(C=O)Cc1ccccc1. The highest BCUT2D eigenvalue weighted by Crippen LogP contribution is 2.01. The van der Waals surface area contributed by atoms with Gasteiger partial charge in [-0.05, 0) is 12.0 Å². The van der Waals surface area contributed by atoms with Gasteiger partial charge in [-0.1, -0.05) is 30.3 Å². The quantitative estimate of drug-likeness (QED) is 0.369. The maximum atomic E-state index is 11.0. The lowest BCUT2D eigenvalue weighted by Crippen LogP contribution is -2.42. The number of guanidine groups is 1. The molecule has 0 saturated heterocycles. The Labute approximate surface area is 111 Å². The smallest absolute Gasteiger partial charge is 0.305 e. The minimum atomic E-state index is -0.937. The Morgan fingerprint density at radius 3 is 2.68 bits per heavy atom. The van der Waals surface area contributed by atoms with Gasteiger partial charge in [-0.2, -0.15) is 0 Å². The Hall–Kier alpha value is -2.37. The predicted octanol–water partition coefficient (Wildman–Crippen LogP) is 0.176. The molecule has 0 radical (unpaired) electrons. The van der Waals surface area contributed by atoms with E-state index in [4.69, 9.17) is 10.8 Å². The van der Waals surface area contributed by atoms with Gasteiger partial charge in [-0.15, -0.1) is 0 Å². The van der Waals surface area contributed by atoms with Crippen molar-refractivity contribution in [2.45, 2.75) is 18.9 Å². The normalized spacial score (nSPS) is 12.7. The molecule has 0 aliphatic carbocycles. The van der Waals surface area contributed by atoms with Gasteiger partial charge in [0.15, 0.2) is 5.96 Å². The van der Waals surface area contributed by atoms with Gasteiger partial charge in [-0.25, -0.2) is 0 Å². The predicted molar refractivity (Wildman–Crippen MR) is 71.9 cm³/mol. The second kappa shape index (κ2) is 7.86. The van der Waals surface area contributed by atoms with E-state index in [1.54, 1.807) is 0 Å². The molecule has 1 rings (SSSR count). The van der Waals surface area contributed by atoms with Crippen LogP contribution in [-0.4, -0.2) is 35.9 Å².